The number of aromatic nitrogens is 3. The molecule has 3 fully saturated rings. The average Bonchev–Trinajstić information content (AvgIpc) is 3.60. The van der Waals surface area contributed by atoms with Crippen LogP contribution >= 0.6 is 0 Å². The van der Waals surface area contributed by atoms with Gasteiger partial charge in [-0.2, -0.15) is 18.2 Å². The number of carbonyl (C=O) groups is 1. The van der Waals surface area contributed by atoms with Crippen LogP contribution in [-0.2, 0) is 33.4 Å². The summed E-state index contributed by atoms with van der Waals surface area (Å²) in [7, 11) is 1.68. The number of rotatable bonds is 5. The molecule has 0 radical (unpaired) electrons. The first kappa shape index (κ1) is 26.5. The highest BCUT2D eigenvalue weighted by molar-refractivity contribution is 5.85. The standard InChI is InChI=1S/C26H33F3N6O4/c1-15-31-24(39-33-15)35-12-18-8-19(32-21-4-6-38-13-22(21)37-2)9-25(18,14-35)23(36)34-5-3-20-16(11-34)7-17(10-30-20)26(27,28)29/h7,10,18-19,21-22,32H,3-6,8-9,11-14H2,1-2H3/t18-,19+,21-,22+,25-/m0/s1. The summed E-state index contributed by atoms with van der Waals surface area (Å²) >= 11 is 0. The number of fused-ring (bicyclic) bond motifs is 2. The molecule has 6 rings (SSSR count). The molecule has 1 aliphatic carbocycles. The van der Waals surface area contributed by atoms with E-state index >= 15 is 0 Å². The largest absolute Gasteiger partial charge is 0.417 e. The van der Waals surface area contributed by atoms with Crippen molar-refractivity contribution in [1.82, 2.24) is 25.3 Å². The van der Waals surface area contributed by atoms with E-state index in [4.69, 9.17) is 14.0 Å². The number of aryl methyl sites for hydroxylation is 1. The number of hydrogen-bond acceptors (Lipinski definition) is 9. The van der Waals surface area contributed by atoms with Gasteiger partial charge in [0, 0.05) is 70.3 Å². The maximum Gasteiger partial charge on any atom is 0.417 e. The zero-order chi connectivity index (χ0) is 27.4. The van der Waals surface area contributed by atoms with Crippen LogP contribution in [0, 0.1) is 18.3 Å². The van der Waals surface area contributed by atoms with Gasteiger partial charge in [-0.05, 0) is 43.7 Å². The van der Waals surface area contributed by atoms with E-state index in [9.17, 15) is 18.0 Å². The highest BCUT2D eigenvalue weighted by atomic mass is 19.4. The second-order valence-corrected chi connectivity index (χ2v) is 11.2. The fraction of sp³-hybridized carbons (Fsp3) is 0.692. The Morgan fingerprint density at radius 2 is 2.18 bits per heavy atom. The zero-order valence-electron chi connectivity index (χ0n) is 22.0. The van der Waals surface area contributed by atoms with Crippen LogP contribution in [0.1, 0.15) is 41.9 Å². The Balaban J connectivity index is 1.25. The van der Waals surface area contributed by atoms with Gasteiger partial charge in [0.05, 0.1) is 23.7 Å². The van der Waals surface area contributed by atoms with Gasteiger partial charge in [0.2, 0.25) is 5.91 Å². The monoisotopic (exact) mass is 550 g/mol. The zero-order valence-corrected chi connectivity index (χ0v) is 22.0. The number of amides is 1. The van der Waals surface area contributed by atoms with Crippen LogP contribution in [0.15, 0.2) is 16.8 Å². The first-order valence-electron chi connectivity index (χ1n) is 13.4. The molecule has 1 saturated carbocycles. The fourth-order valence-corrected chi connectivity index (χ4v) is 6.90. The lowest BCUT2D eigenvalue weighted by molar-refractivity contribution is -0.143. The molecule has 0 bridgehead atoms. The van der Waals surface area contributed by atoms with E-state index in [2.05, 4.69) is 20.4 Å². The van der Waals surface area contributed by atoms with Crippen LogP contribution in [0.4, 0.5) is 19.2 Å². The topological polar surface area (TPSA) is 106 Å². The number of anilines is 1. The molecule has 2 saturated heterocycles. The van der Waals surface area contributed by atoms with Crippen molar-refractivity contribution in [3.63, 3.8) is 0 Å². The van der Waals surface area contributed by atoms with Gasteiger partial charge in [0.15, 0.2) is 5.82 Å². The number of nitrogens with one attached hydrogen (secondary N) is 1. The molecule has 5 heterocycles. The number of hydrogen-bond donors (Lipinski definition) is 1. The van der Waals surface area contributed by atoms with Gasteiger partial charge in [-0.1, -0.05) is 5.16 Å². The lowest BCUT2D eigenvalue weighted by Crippen LogP contribution is -2.52. The summed E-state index contributed by atoms with van der Waals surface area (Å²) in [6.07, 6.45) is -1.02. The van der Waals surface area contributed by atoms with Crippen molar-refractivity contribution in [2.24, 2.45) is 11.3 Å². The van der Waals surface area contributed by atoms with Crippen LogP contribution < -0.4 is 10.2 Å². The maximum atomic E-state index is 14.4. The number of carbonyl (C=O) groups excluding carboxylic acids is 1. The minimum absolute atomic E-state index is 0.0246. The maximum absolute atomic E-state index is 14.4. The molecule has 10 nitrogen and oxygen atoms in total. The molecule has 39 heavy (non-hydrogen) atoms. The second-order valence-electron chi connectivity index (χ2n) is 11.2. The molecule has 0 unspecified atom stereocenters. The van der Waals surface area contributed by atoms with E-state index in [0.29, 0.717) is 68.8 Å². The van der Waals surface area contributed by atoms with Crippen LogP contribution in [0.5, 0.6) is 0 Å². The van der Waals surface area contributed by atoms with Crippen molar-refractivity contribution >= 4 is 11.9 Å². The number of nitrogens with zero attached hydrogens (tertiary/aromatic N) is 5. The molecule has 4 aliphatic rings. The normalized spacial score (nSPS) is 30.9. The summed E-state index contributed by atoms with van der Waals surface area (Å²) in [5, 5.41) is 7.66. The van der Waals surface area contributed by atoms with Gasteiger partial charge < -0.3 is 29.1 Å². The Labute approximate surface area is 224 Å². The van der Waals surface area contributed by atoms with E-state index in [-0.39, 0.29) is 36.6 Å². The number of alkyl halides is 3. The number of methoxy groups -OCH3 is 1. The quantitative estimate of drug-likeness (QED) is 0.601. The van der Waals surface area contributed by atoms with E-state index in [1.165, 1.54) is 0 Å². The highest BCUT2D eigenvalue weighted by Gasteiger charge is 2.59. The van der Waals surface area contributed by atoms with Crippen molar-refractivity contribution in [2.45, 2.75) is 63.5 Å². The van der Waals surface area contributed by atoms with E-state index < -0.39 is 17.2 Å². The molecule has 1 amide bonds. The van der Waals surface area contributed by atoms with Crippen molar-refractivity contribution < 1.29 is 32.0 Å². The Kier molecular flexibility index (Phi) is 6.79. The molecule has 2 aromatic rings. The number of ether oxygens (including phenoxy) is 2. The van der Waals surface area contributed by atoms with Crippen molar-refractivity contribution in [3.05, 3.63) is 34.9 Å². The predicted octanol–water partition coefficient (Wildman–Crippen LogP) is 2.36. The molecule has 3 aliphatic heterocycles. The first-order valence-corrected chi connectivity index (χ1v) is 13.4. The van der Waals surface area contributed by atoms with E-state index in [1.54, 1.807) is 18.9 Å². The lowest BCUT2D eigenvalue weighted by atomic mass is 9.78. The van der Waals surface area contributed by atoms with Crippen LogP contribution in [0.25, 0.3) is 0 Å². The minimum atomic E-state index is -4.49. The van der Waals surface area contributed by atoms with Gasteiger partial charge in [0.25, 0.3) is 0 Å². The van der Waals surface area contributed by atoms with E-state index in [1.807, 2.05) is 4.90 Å². The van der Waals surface area contributed by atoms with Gasteiger partial charge >= 0.3 is 12.2 Å². The molecule has 0 aromatic carbocycles. The highest BCUT2D eigenvalue weighted by Crippen LogP contribution is 2.51. The molecule has 0 spiro atoms. The third kappa shape index (κ3) is 4.89. The third-order valence-corrected chi connectivity index (χ3v) is 8.80. The SMILES string of the molecule is CO[C@@H]1COCC[C@@H]1N[C@@H]1C[C@H]2CN(c3nc(C)no3)C[C@@]2(C(=O)N2CCc3ncc(C(F)(F)F)cc3C2)C1. The summed E-state index contributed by atoms with van der Waals surface area (Å²) in [6.45, 7) is 4.48. The number of pyridine rings is 1. The Hall–Kier alpha value is -2.77. The fourth-order valence-electron chi connectivity index (χ4n) is 6.90. The van der Waals surface area contributed by atoms with Crippen molar-refractivity contribution in [3.8, 4) is 0 Å². The van der Waals surface area contributed by atoms with Crippen molar-refractivity contribution in [2.75, 3.05) is 44.9 Å². The third-order valence-electron chi connectivity index (χ3n) is 8.80. The minimum Gasteiger partial charge on any atom is -0.379 e. The first-order chi connectivity index (χ1) is 18.7. The summed E-state index contributed by atoms with van der Waals surface area (Å²) in [5.74, 6) is 0.512. The van der Waals surface area contributed by atoms with Crippen molar-refractivity contribution in [1.29, 1.82) is 0 Å². The average molecular weight is 551 g/mol. The smallest absolute Gasteiger partial charge is 0.379 e. The predicted molar refractivity (Wildman–Crippen MR) is 132 cm³/mol. The molecule has 13 heteroatoms. The lowest BCUT2D eigenvalue weighted by Gasteiger charge is -2.37. The summed E-state index contributed by atoms with van der Waals surface area (Å²) in [6, 6.07) is 1.75. The van der Waals surface area contributed by atoms with Crippen LogP contribution in [0.2, 0.25) is 0 Å². The Morgan fingerprint density at radius 1 is 1.33 bits per heavy atom. The summed E-state index contributed by atoms with van der Waals surface area (Å²) < 4.78 is 56.7. The van der Waals surface area contributed by atoms with Gasteiger partial charge in [-0.15, -0.1) is 0 Å². The molecular formula is C26H33F3N6O4. The molecule has 2 aromatic heterocycles. The summed E-state index contributed by atoms with van der Waals surface area (Å²) in [5.41, 5.74) is -0.441. The van der Waals surface area contributed by atoms with Crippen LogP contribution in [-0.4, -0.2) is 84.1 Å². The van der Waals surface area contributed by atoms with E-state index in [0.717, 1.165) is 25.1 Å². The Morgan fingerprint density at radius 3 is 2.92 bits per heavy atom. The molecule has 5 atom stereocenters. The van der Waals surface area contributed by atoms with Gasteiger partial charge in [-0.25, -0.2) is 0 Å². The summed E-state index contributed by atoms with van der Waals surface area (Å²) in [4.78, 5) is 26.5. The molecule has 1 N–H and O–H groups in total. The number of halogens is 3. The van der Waals surface area contributed by atoms with Gasteiger partial charge in [-0.3, -0.25) is 9.78 Å². The van der Waals surface area contributed by atoms with Gasteiger partial charge in [0.1, 0.15) is 0 Å². The Bertz CT molecular complexity index is 1220. The molecular weight excluding hydrogens is 517 g/mol. The molecule has 212 valence electrons. The second kappa shape index (κ2) is 10.0. The van der Waals surface area contributed by atoms with Crippen LogP contribution in [0.3, 0.4) is 0 Å².